The predicted octanol–water partition coefficient (Wildman–Crippen LogP) is 6.15. The number of nitrogens with one attached hydrogen (secondary N) is 2. The highest BCUT2D eigenvalue weighted by Crippen LogP contribution is 2.28. The molecule has 0 aliphatic rings. The van der Waals surface area contributed by atoms with Crippen LogP contribution in [0.2, 0.25) is 0 Å². The van der Waals surface area contributed by atoms with E-state index in [4.69, 9.17) is 10.5 Å². The number of rotatable bonds is 7. The molecule has 0 bridgehead atoms. The third-order valence-electron chi connectivity index (χ3n) is 7.01. The molecule has 2 atom stereocenters. The second-order valence-electron chi connectivity index (χ2n) is 11.9. The van der Waals surface area contributed by atoms with Crippen molar-refractivity contribution in [3.05, 3.63) is 94.6 Å². The van der Waals surface area contributed by atoms with Crippen LogP contribution in [0.3, 0.4) is 0 Å². The molecule has 3 heterocycles. The quantitative estimate of drug-likeness (QED) is 0.130. The molecule has 0 aliphatic heterocycles. The summed E-state index contributed by atoms with van der Waals surface area (Å²) in [4.78, 5) is 51.0. The van der Waals surface area contributed by atoms with Gasteiger partial charge in [-0.3, -0.25) is 0 Å². The van der Waals surface area contributed by atoms with Crippen LogP contribution < -0.4 is 16.4 Å². The van der Waals surface area contributed by atoms with Gasteiger partial charge in [-0.1, -0.05) is 24.3 Å². The van der Waals surface area contributed by atoms with Crippen LogP contribution in [-0.4, -0.2) is 53.8 Å². The van der Waals surface area contributed by atoms with Gasteiger partial charge >= 0.3 is 18.0 Å². The van der Waals surface area contributed by atoms with Crippen molar-refractivity contribution >= 4 is 51.5 Å². The molecule has 3 aromatic heterocycles. The smallest absolute Gasteiger partial charge is 0.408 e. The highest BCUT2D eigenvalue weighted by molar-refractivity contribution is 5.95. The molecule has 5 rings (SSSR count). The van der Waals surface area contributed by atoms with Crippen molar-refractivity contribution in [2.75, 3.05) is 11.1 Å². The fourth-order valence-electron chi connectivity index (χ4n) is 4.80. The number of fused-ring (bicyclic) bond motifs is 2. The number of nitrogens with two attached hydrogens (primary N) is 1. The molecular formula is C34H32F2N8O6. The van der Waals surface area contributed by atoms with Gasteiger partial charge < -0.3 is 31.3 Å². The van der Waals surface area contributed by atoms with E-state index in [1.54, 1.807) is 46.8 Å². The van der Waals surface area contributed by atoms with E-state index in [1.807, 2.05) is 6.07 Å². The zero-order chi connectivity index (χ0) is 36.9. The van der Waals surface area contributed by atoms with Gasteiger partial charge in [-0.05, 0) is 58.9 Å². The molecule has 0 saturated carbocycles. The lowest BCUT2D eigenvalue weighted by atomic mass is 10.0. The van der Waals surface area contributed by atoms with Gasteiger partial charge in [-0.15, -0.1) is 0 Å². The molecule has 258 valence electrons. The zero-order valence-electron chi connectivity index (χ0n) is 27.4. The van der Waals surface area contributed by atoms with E-state index in [2.05, 4.69) is 30.6 Å². The normalized spacial score (nSPS) is 12.2. The molecule has 6 N–H and O–H groups in total. The van der Waals surface area contributed by atoms with Crippen LogP contribution in [0.15, 0.2) is 54.9 Å². The number of hydrogen-bond acceptors (Lipinski definition) is 11. The van der Waals surface area contributed by atoms with Gasteiger partial charge in [0.05, 0.1) is 34.6 Å². The number of aromatic nitrogens is 4. The number of carbonyl (C=O) groups is 3. The van der Waals surface area contributed by atoms with Crippen LogP contribution in [0, 0.1) is 23.0 Å². The van der Waals surface area contributed by atoms with Gasteiger partial charge in [0.15, 0.2) is 0 Å². The average molecular weight is 687 g/mol. The Bertz CT molecular complexity index is 2170. The Hall–Kier alpha value is -6.50. The van der Waals surface area contributed by atoms with E-state index in [0.29, 0.717) is 10.8 Å². The first-order chi connectivity index (χ1) is 23.5. The van der Waals surface area contributed by atoms with Crippen molar-refractivity contribution < 1.29 is 38.1 Å². The van der Waals surface area contributed by atoms with Crippen LogP contribution in [-0.2, 0) is 4.74 Å². The molecule has 5 aromatic rings. The molecule has 50 heavy (non-hydrogen) atoms. The number of carbonyl (C=O) groups excluding carboxylic acids is 1. The van der Waals surface area contributed by atoms with Crippen LogP contribution in [0.1, 0.15) is 84.4 Å². The topological polar surface area (TPSA) is 226 Å². The van der Waals surface area contributed by atoms with Gasteiger partial charge in [0.2, 0.25) is 0 Å². The molecule has 1 amide bonds. The lowest BCUT2D eigenvalue weighted by molar-refractivity contribution is 0.0503. The van der Waals surface area contributed by atoms with E-state index >= 15 is 0 Å². The number of carboxylic acids is 2. The Labute approximate surface area is 284 Å². The fraction of sp³-hybridized carbons (Fsp3) is 0.235. The lowest BCUT2D eigenvalue weighted by Gasteiger charge is -2.22. The molecule has 14 nitrogen and oxygen atoms in total. The average Bonchev–Trinajstić information content (AvgIpc) is 3.03. The minimum absolute atomic E-state index is 0.00632. The van der Waals surface area contributed by atoms with Crippen molar-refractivity contribution in [3.63, 3.8) is 0 Å². The van der Waals surface area contributed by atoms with Crippen LogP contribution in [0.5, 0.6) is 0 Å². The molecule has 0 radical (unpaired) electrons. The van der Waals surface area contributed by atoms with Gasteiger partial charge in [-0.25, -0.2) is 43.1 Å². The maximum Gasteiger partial charge on any atom is 0.408 e. The summed E-state index contributed by atoms with van der Waals surface area (Å²) in [7, 11) is 0. The number of halogens is 2. The maximum atomic E-state index is 14.1. The highest BCUT2D eigenvalue weighted by Gasteiger charge is 2.24. The molecule has 2 aromatic carbocycles. The lowest BCUT2D eigenvalue weighted by Crippen LogP contribution is -2.34. The van der Waals surface area contributed by atoms with E-state index < -0.39 is 47.4 Å². The Morgan fingerprint density at radius 2 is 1.38 bits per heavy atom. The predicted molar refractivity (Wildman–Crippen MR) is 178 cm³/mol. The molecule has 0 fully saturated rings. The van der Waals surface area contributed by atoms with Crippen molar-refractivity contribution in [3.8, 4) is 6.07 Å². The molecule has 0 spiro atoms. The summed E-state index contributed by atoms with van der Waals surface area (Å²) in [5, 5.41) is 34.2. The first-order valence-corrected chi connectivity index (χ1v) is 14.9. The number of amides is 1. The molecule has 0 saturated heterocycles. The number of benzene rings is 2. The van der Waals surface area contributed by atoms with E-state index in [0.717, 1.165) is 0 Å². The summed E-state index contributed by atoms with van der Waals surface area (Å²) in [6, 6.07) is 11.7. The summed E-state index contributed by atoms with van der Waals surface area (Å²) < 4.78 is 33.1. The standard InChI is InChI=1S/C17H13FN6O2.C17H19FN2O4/c1-8(23-16-11(6-19)15(20)21-7-22-16)13-10(17(25)26)5-9-3-2-4-12(18)14(9)24-13;1-9(19-16(23)24-17(2,3)4)13-11(15(21)22)8-10-6-5-7-12(18)14(10)20-13/h2-5,7-8H,1H3,(H,25,26)(H3,20,21,22,23);5-9H,1-4H3,(H,19,23)(H,21,22)/t8-;9-/m00/s1. The van der Waals surface area contributed by atoms with Gasteiger partial charge in [0, 0.05) is 10.8 Å². The summed E-state index contributed by atoms with van der Waals surface area (Å²) in [5.74, 6) is -3.39. The van der Waals surface area contributed by atoms with E-state index in [9.17, 15) is 38.6 Å². The third-order valence-corrected chi connectivity index (χ3v) is 7.01. The first kappa shape index (κ1) is 36.3. The number of carboxylic acid groups (broad SMARTS) is 2. The second kappa shape index (κ2) is 14.7. The second-order valence-corrected chi connectivity index (χ2v) is 11.9. The Kier molecular flexibility index (Phi) is 10.7. The Morgan fingerprint density at radius 1 is 0.880 bits per heavy atom. The number of aromatic carboxylic acids is 2. The number of nitriles is 1. The number of hydrogen-bond donors (Lipinski definition) is 5. The third kappa shape index (κ3) is 8.31. The Morgan fingerprint density at radius 3 is 1.84 bits per heavy atom. The van der Waals surface area contributed by atoms with E-state index in [1.165, 1.54) is 42.7 Å². The maximum absolute atomic E-state index is 14.1. The number of nitrogen functional groups attached to an aromatic ring is 1. The number of pyridine rings is 2. The molecule has 0 unspecified atom stereocenters. The van der Waals surface area contributed by atoms with Gasteiger partial charge in [-0.2, -0.15) is 5.26 Å². The highest BCUT2D eigenvalue weighted by atomic mass is 19.1. The Balaban J connectivity index is 0.000000226. The van der Waals surface area contributed by atoms with Crippen molar-refractivity contribution in [1.82, 2.24) is 25.3 Å². The summed E-state index contributed by atoms with van der Waals surface area (Å²) in [6.07, 6.45) is 0.471. The SMILES string of the molecule is C[C@H](NC(=O)OC(C)(C)C)c1nc2c(F)cccc2cc1C(=O)O.C[C@H](Nc1ncnc(N)c1C#N)c1nc2c(F)cccc2cc1C(=O)O. The molecule has 16 heteroatoms. The number of para-hydroxylation sites is 2. The van der Waals surface area contributed by atoms with Crippen LogP contribution in [0.4, 0.5) is 25.2 Å². The number of nitrogens with zero attached hydrogens (tertiary/aromatic N) is 5. The summed E-state index contributed by atoms with van der Waals surface area (Å²) in [5.41, 5.74) is 5.08. The number of ether oxygens (including phenoxy) is 1. The van der Waals surface area contributed by atoms with Crippen molar-refractivity contribution in [2.24, 2.45) is 0 Å². The number of alkyl carbamates (subject to hydrolysis) is 1. The number of anilines is 2. The van der Waals surface area contributed by atoms with Crippen LogP contribution in [0.25, 0.3) is 21.8 Å². The van der Waals surface area contributed by atoms with E-state index in [-0.39, 0.29) is 50.7 Å². The minimum Gasteiger partial charge on any atom is -0.478 e. The largest absolute Gasteiger partial charge is 0.478 e. The molecular weight excluding hydrogens is 654 g/mol. The van der Waals surface area contributed by atoms with Gasteiger partial charge in [0.25, 0.3) is 0 Å². The summed E-state index contributed by atoms with van der Waals surface area (Å²) in [6.45, 7) is 8.32. The monoisotopic (exact) mass is 686 g/mol. The van der Waals surface area contributed by atoms with Gasteiger partial charge in [0.1, 0.15) is 57.9 Å². The fourth-order valence-corrected chi connectivity index (χ4v) is 4.80. The summed E-state index contributed by atoms with van der Waals surface area (Å²) >= 11 is 0. The zero-order valence-corrected chi connectivity index (χ0v) is 27.4. The molecule has 0 aliphatic carbocycles. The minimum atomic E-state index is -1.21. The van der Waals surface area contributed by atoms with Crippen molar-refractivity contribution in [1.29, 1.82) is 5.26 Å². The van der Waals surface area contributed by atoms with Crippen molar-refractivity contribution in [2.45, 2.75) is 52.3 Å². The van der Waals surface area contributed by atoms with Crippen LogP contribution >= 0.6 is 0 Å². The first-order valence-electron chi connectivity index (χ1n) is 14.9.